The molecule has 0 aromatic heterocycles. The number of hydroxylamine groups is 1. The molecule has 0 spiro atoms. The number of nitro groups is 1. The molecule has 1 aliphatic rings. The topological polar surface area (TPSA) is 99.0 Å². The van der Waals surface area contributed by atoms with Crippen LogP contribution in [0.5, 0.6) is 0 Å². The third-order valence-corrected chi connectivity index (χ3v) is 5.29. The molecule has 8 heteroatoms. The van der Waals surface area contributed by atoms with Gasteiger partial charge >= 0.3 is 5.97 Å². The highest BCUT2D eigenvalue weighted by atomic mass is 16.8. The van der Waals surface area contributed by atoms with Gasteiger partial charge in [0.25, 0.3) is 11.5 Å². The molecule has 3 aromatic carbocycles. The highest BCUT2D eigenvalue weighted by Gasteiger charge is 2.53. The van der Waals surface area contributed by atoms with E-state index in [0.717, 1.165) is 5.56 Å². The summed E-state index contributed by atoms with van der Waals surface area (Å²) in [5.74, 6) is -3.11. The minimum absolute atomic E-state index is 0.0780. The molecule has 1 fully saturated rings. The van der Waals surface area contributed by atoms with Crippen LogP contribution in [0.2, 0.25) is 0 Å². The molecule has 4 rings (SSSR count). The summed E-state index contributed by atoms with van der Waals surface area (Å²) in [5, 5.41) is 12.4. The van der Waals surface area contributed by atoms with Gasteiger partial charge in [0.15, 0.2) is 0 Å². The number of rotatable bonds is 6. The summed E-state index contributed by atoms with van der Waals surface area (Å²) in [6.07, 6.45) is 0.0833. The molecule has 1 aliphatic heterocycles. The van der Waals surface area contributed by atoms with Crippen LogP contribution in [0.25, 0.3) is 0 Å². The maximum atomic E-state index is 12.8. The van der Waals surface area contributed by atoms with E-state index in [1.165, 1.54) is 31.2 Å². The highest BCUT2D eigenvalue weighted by molar-refractivity contribution is 5.94. The fourth-order valence-corrected chi connectivity index (χ4v) is 3.60. The van der Waals surface area contributed by atoms with E-state index >= 15 is 0 Å². The van der Waals surface area contributed by atoms with E-state index in [4.69, 9.17) is 9.57 Å². The Morgan fingerprint density at radius 2 is 1.59 bits per heavy atom. The van der Waals surface area contributed by atoms with E-state index in [0.29, 0.717) is 5.69 Å². The number of ketones is 1. The number of hydrogen-bond donors (Lipinski definition) is 0. The van der Waals surface area contributed by atoms with Gasteiger partial charge in [-0.1, -0.05) is 48.5 Å². The molecule has 32 heavy (non-hydrogen) atoms. The first kappa shape index (κ1) is 21.2. The highest BCUT2D eigenvalue weighted by Crippen LogP contribution is 2.44. The Hall–Kier alpha value is -4.04. The quantitative estimate of drug-likeness (QED) is 0.318. The van der Waals surface area contributed by atoms with Crippen molar-refractivity contribution in [2.45, 2.75) is 25.2 Å². The van der Waals surface area contributed by atoms with Crippen LogP contribution < -0.4 is 5.06 Å². The molecule has 0 N–H and O–H groups in total. The average molecular weight is 432 g/mol. The number of Topliss-reactive ketones (excluding diaryl/α,β-unsaturated/α-hetero) is 1. The molecule has 0 saturated carbocycles. The van der Waals surface area contributed by atoms with E-state index < -0.39 is 22.5 Å². The van der Waals surface area contributed by atoms with Gasteiger partial charge in [0.05, 0.1) is 28.6 Å². The Labute approximate surface area is 184 Å². The molecular weight excluding hydrogens is 412 g/mol. The summed E-state index contributed by atoms with van der Waals surface area (Å²) in [6, 6.07) is 23.3. The molecule has 1 saturated heterocycles. The molecule has 0 bridgehead atoms. The van der Waals surface area contributed by atoms with Crippen LogP contribution in [0, 0.1) is 10.1 Å². The van der Waals surface area contributed by atoms with E-state index in [2.05, 4.69) is 0 Å². The van der Waals surface area contributed by atoms with E-state index in [1.54, 1.807) is 5.06 Å². The monoisotopic (exact) mass is 432 g/mol. The Kier molecular flexibility index (Phi) is 5.70. The number of esters is 1. The fraction of sp³-hybridized carbons (Fsp3) is 0.167. The summed E-state index contributed by atoms with van der Waals surface area (Å²) in [6.45, 7) is 1.31. The van der Waals surface area contributed by atoms with Crippen molar-refractivity contribution in [1.82, 2.24) is 0 Å². The number of carbonyl (C=O) groups is 2. The first-order chi connectivity index (χ1) is 15.4. The maximum absolute atomic E-state index is 12.8. The van der Waals surface area contributed by atoms with Gasteiger partial charge in [0, 0.05) is 19.1 Å². The van der Waals surface area contributed by atoms with Crippen molar-refractivity contribution in [3.63, 3.8) is 0 Å². The minimum Gasteiger partial charge on any atom is -0.419 e. The predicted molar refractivity (Wildman–Crippen MR) is 116 cm³/mol. The van der Waals surface area contributed by atoms with Crippen molar-refractivity contribution in [3.05, 3.63) is 106 Å². The Morgan fingerprint density at radius 3 is 2.16 bits per heavy atom. The first-order valence-corrected chi connectivity index (χ1v) is 9.97. The van der Waals surface area contributed by atoms with Crippen molar-refractivity contribution in [1.29, 1.82) is 0 Å². The smallest absolute Gasteiger partial charge is 0.341 e. The van der Waals surface area contributed by atoms with Gasteiger partial charge in [0.2, 0.25) is 5.78 Å². The van der Waals surface area contributed by atoms with Gasteiger partial charge in [-0.2, -0.15) is 0 Å². The van der Waals surface area contributed by atoms with Crippen molar-refractivity contribution >= 4 is 23.1 Å². The van der Waals surface area contributed by atoms with Crippen LogP contribution >= 0.6 is 0 Å². The van der Waals surface area contributed by atoms with Crippen LogP contribution in [0.15, 0.2) is 84.9 Å². The lowest BCUT2D eigenvalue weighted by Crippen LogP contribution is -2.43. The molecule has 3 aromatic rings. The Morgan fingerprint density at radius 1 is 1.00 bits per heavy atom. The van der Waals surface area contributed by atoms with Crippen molar-refractivity contribution < 1.29 is 24.1 Å². The molecule has 162 valence electrons. The number of hydrogen-bond acceptors (Lipinski definition) is 7. The molecule has 0 radical (unpaired) electrons. The lowest BCUT2D eigenvalue weighted by atomic mass is 9.97. The second-order valence-electron chi connectivity index (χ2n) is 7.39. The zero-order valence-electron chi connectivity index (χ0n) is 17.2. The number of carbonyl (C=O) groups excluding carboxylic acids is 2. The van der Waals surface area contributed by atoms with Gasteiger partial charge < -0.3 is 4.74 Å². The van der Waals surface area contributed by atoms with Crippen molar-refractivity contribution in [2.24, 2.45) is 0 Å². The molecule has 0 aliphatic carbocycles. The van der Waals surface area contributed by atoms with Gasteiger partial charge in [-0.25, -0.2) is 14.7 Å². The molecule has 2 atom stereocenters. The summed E-state index contributed by atoms with van der Waals surface area (Å²) in [4.78, 5) is 41.9. The summed E-state index contributed by atoms with van der Waals surface area (Å²) < 4.78 is 5.63. The van der Waals surface area contributed by atoms with Crippen LogP contribution in [-0.2, 0) is 14.4 Å². The van der Waals surface area contributed by atoms with Gasteiger partial charge in [0.1, 0.15) is 0 Å². The number of nitrogens with zero attached hydrogens (tertiary/aromatic N) is 2. The molecular formula is C24H20N2O6. The molecule has 0 unspecified atom stereocenters. The first-order valence-electron chi connectivity index (χ1n) is 9.97. The zero-order valence-corrected chi connectivity index (χ0v) is 17.2. The minimum atomic E-state index is -1.84. The normalized spacial score (nSPS) is 20.0. The Balaban J connectivity index is 1.67. The lowest BCUT2D eigenvalue weighted by Gasteiger charge is -2.27. The third kappa shape index (κ3) is 4.08. The number of anilines is 1. The van der Waals surface area contributed by atoms with Crippen LogP contribution in [-0.4, -0.2) is 22.5 Å². The zero-order chi connectivity index (χ0) is 22.7. The Bertz CT molecular complexity index is 1080. The summed E-state index contributed by atoms with van der Waals surface area (Å²) in [5.41, 5.74) is 1.52. The fourth-order valence-electron chi connectivity index (χ4n) is 3.60. The van der Waals surface area contributed by atoms with E-state index in [-0.39, 0.29) is 23.7 Å². The SMILES string of the molecule is CC(=O)[C@@]1(OC(=O)c2ccc([N+](=O)[O-])cc2)C[C@H](c2ccccc2)N(c2ccccc2)O1. The van der Waals surface area contributed by atoms with Crippen LogP contribution in [0.4, 0.5) is 11.4 Å². The number of ether oxygens (including phenoxy) is 1. The number of non-ortho nitro benzene ring substituents is 1. The van der Waals surface area contributed by atoms with Crippen molar-refractivity contribution in [2.75, 3.05) is 5.06 Å². The van der Waals surface area contributed by atoms with Gasteiger partial charge in [-0.15, -0.1) is 0 Å². The average Bonchev–Trinajstić information content (AvgIpc) is 3.21. The predicted octanol–water partition coefficient (Wildman–Crippen LogP) is 4.62. The van der Waals surface area contributed by atoms with Crippen molar-refractivity contribution in [3.8, 4) is 0 Å². The second-order valence-corrected chi connectivity index (χ2v) is 7.39. The third-order valence-electron chi connectivity index (χ3n) is 5.29. The lowest BCUT2D eigenvalue weighted by molar-refractivity contribution is -0.384. The van der Waals surface area contributed by atoms with Gasteiger partial charge in [-0.3, -0.25) is 14.9 Å². The van der Waals surface area contributed by atoms with E-state index in [9.17, 15) is 19.7 Å². The standard InChI is InChI=1S/C24H20N2O6/c1-17(27)24(31-23(28)19-12-14-21(15-13-19)26(29)30)16-22(18-8-4-2-5-9-18)25(32-24)20-10-6-3-7-11-20/h2-15,22H,16H2,1H3/t22-,24-/m1/s1. The largest absolute Gasteiger partial charge is 0.419 e. The molecule has 8 nitrogen and oxygen atoms in total. The van der Waals surface area contributed by atoms with Crippen LogP contribution in [0.3, 0.4) is 0 Å². The molecule has 1 heterocycles. The number of nitro benzene ring substituents is 1. The number of para-hydroxylation sites is 1. The second kappa shape index (κ2) is 8.60. The summed E-state index contributed by atoms with van der Waals surface area (Å²) in [7, 11) is 0. The van der Waals surface area contributed by atoms with Gasteiger partial charge in [-0.05, 0) is 29.8 Å². The molecule has 0 amide bonds. The number of benzene rings is 3. The van der Waals surface area contributed by atoms with Crippen LogP contribution in [0.1, 0.15) is 35.3 Å². The maximum Gasteiger partial charge on any atom is 0.341 e. The van der Waals surface area contributed by atoms with E-state index in [1.807, 2.05) is 60.7 Å². The summed E-state index contributed by atoms with van der Waals surface area (Å²) >= 11 is 0.